The SMILES string of the molecule is NC(CCc1cccs1)Cc1cccc(Br)c1. The number of rotatable bonds is 5. The highest BCUT2D eigenvalue weighted by Crippen LogP contribution is 2.15. The third-order valence-electron chi connectivity index (χ3n) is 2.73. The highest BCUT2D eigenvalue weighted by Gasteiger charge is 2.05. The molecular weight excluding hydrogens is 294 g/mol. The van der Waals surface area contributed by atoms with Crippen molar-refractivity contribution in [1.82, 2.24) is 0 Å². The Morgan fingerprint density at radius 2 is 2.12 bits per heavy atom. The molecule has 1 aromatic heterocycles. The molecule has 0 radical (unpaired) electrons. The number of thiophene rings is 1. The summed E-state index contributed by atoms with van der Waals surface area (Å²) < 4.78 is 1.13. The summed E-state index contributed by atoms with van der Waals surface area (Å²) in [5.41, 5.74) is 7.47. The second-order valence-corrected chi connectivity index (χ2v) is 6.16. The van der Waals surface area contributed by atoms with E-state index < -0.39 is 0 Å². The van der Waals surface area contributed by atoms with Gasteiger partial charge in [-0.3, -0.25) is 0 Å². The maximum absolute atomic E-state index is 6.16. The van der Waals surface area contributed by atoms with Crippen molar-refractivity contribution in [3.63, 3.8) is 0 Å². The Labute approximate surface area is 115 Å². The van der Waals surface area contributed by atoms with Crippen LogP contribution in [0.15, 0.2) is 46.3 Å². The number of hydrogen-bond donors (Lipinski definition) is 1. The molecule has 17 heavy (non-hydrogen) atoms. The molecule has 0 saturated heterocycles. The van der Waals surface area contributed by atoms with Crippen LogP contribution in [0, 0.1) is 0 Å². The molecular formula is C14H16BrNS. The summed E-state index contributed by atoms with van der Waals surface area (Å²) in [7, 11) is 0. The summed E-state index contributed by atoms with van der Waals surface area (Å²) in [6, 6.07) is 12.9. The molecule has 90 valence electrons. The highest BCUT2D eigenvalue weighted by molar-refractivity contribution is 9.10. The average molecular weight is 310 g/mol. The van der Waals surface area contributed by atoms with E-state index in [1.54, 1.807) is 0 Å². The minimum atomic E-state index is 0.242. The molecule has 2 aromatic rings. The number of aryl methyl sites for hydroxylation is 1. The zero-order valence-corrected chi connectivity index (χ0v) is 12.0. The molecule has 0 bridgehead atoms. The van der Waals surface area contributed by atoms with Crippen LogP contribution in [0.25, 0.3) is 0 Å². The minimum absolute atomic E-state index is 0.242. The summed E-state index contributed by atoms with van der Waals surface area (Å²) in [5, 5.41) is 2.12. The number of nitrogens with two attached hydrogens (primary N) is 1. The van der Waals surface area contributed by atoms with Gasteiger partial charge in [0.05, 0.1) is 0 Å². The van der Waals surface area contributed by atoms with Gasteiger partial charge < -0.3 is 5.73 Å². The van der Waals surface area contributed by atoms with E-state index in [-0.39, 0.29) is 6.04 Å². The third-order valence-corrected chi connectivity index (χ3v) is 4.16. The van der Waals surface area contributed by atoms with Gasteiger partial charge in [-0.1, -0.05) is 34.1 Å². The summed E-state index contributed by atoms with van der Waals surface area (Å²) in [6.45, 7) is 0. The number of benzene rings is 1. The molecule has 1 aromatic carbocycles. The van der Waals surface area contributed by atoms with Crippen LogP contribution in [0.1, 0.15) is 16.9 Å². The van der Waals surface area contributed by atoms with Crippen LogP contribution in [-0.2, 0) is 12.8 Å². The Hall–Kier alpha value is -0.640. The normalized spacial score (nSPS) is 12.6. The molecule has 0 spiro atoms. The Morgan fingerprint density at radius 3 is 2.82 bits per heavy atom. The topological polar surface area (TPSA) is 26.0 Å². The molecule has 1 heterocycles. The molecule has 0 aliphatic carbocycles. The van der Waals surface area contributed by atoms with E-state index in [1.165, 1.54) is 10.4 Å². The highest BCUT2D eigenvalue weighted by atomic mass is 79.9. The maximum Gasteiger partial charge on any atom is 0.0178 e. The molecule has 1 nitrogen and oxygen atoms in total. The fourth-order valence-electron chi connectivity index (χ4n) is 1.85. The quantitative estimate of drug-likeness (QED) is 0.887. The Morgan fingerprint density at radius 1 is 1.24 bits per heavy atom. The summed E-state index contributed by atoms with van der Waals surface area (Å²) in [5.74, 6) is 0. The van der Waals surface area contributed by atoms with Gasteiger partial charge in [-0.25, -0.2) is 0 Å². The van der Waals surface area contributed by atoms with Gasteiger partial charge in [-0.15, -0.1) is 11.3 Å². The second-order valence-electron chi connectivity index (χ2n) is 4.21. The average Bonchev–Trinajstić information content (AvgIpc) is 2.79. The van der Waals surface area contributed by atoms with Crippen LogP contribution >= 0.6 is 27.3 Å². The monoisotopic (exact) mass is 309 g/mol. The van der Waals surface area contributed by atoms with Crippen LogP contribution in [0.3, 0.4) is 0 Å². The first-order valence-electron chi connectivity index (χ1n) is 5.76. The van der Waals surface area contributed by atoms with Gasteiger partial charge in [-0.05, 0) is 48.4 Å². The van der Waals surface area contributed by atoms with Crippen LogP contribution in [0.5, 0.6) is 0 Å². The first-order chi connectivity index (χ1) is 8.24. The molecule has 2 N–H and O–H groups in total. The van der Waals surface area contributed by atoms with Crippen molar-refractivity contribution in [1.29, 1.82) is 0 Å². The van der Waals surface area contributed by atoms with Gasteiger partial charge >= 0.3 is 0 Å². The number of hydrogen-bond acceptors (Lipinski definition) is 2. The lowest BCUT2D eigenvalue weighted by Crippen LogP contribution is -2.23. The summed E-state index contributed by atoms with van der Waals surface area (Å²) >= 11 is 5.29. The zero-order valence-electron chi connectivity index (χ0n) is 9.60. The predicted molar refractivity (Wildman–Crippen MR) is 78.5 cm³/mol. The van der Waals surface area contributed by atoms with Crippen molar-refractivity contribution in [2.24, 2.45) is 5.73 Å². The van der Waals surface area contributed by atoms with Crippen molar-refractivity contribution in [2.45, 2.75) is 25.3 Å². The summed E-state index contributed by atoms with van der Waals surface area (Å²) in [4.78, 5) is 1.43. The smallest absolute Gasteiger partial charge is 0.0178 e. The van der Waals surface area contributed by atoms with Crippen molar-refractivity contribution < 1.29 is 0 Å². The van der Waals surface area contributed by atoms with E-state index in [1.807, 2.05) is 17.4 Å². The fourth-order valence-corrected chi connectivity index (χ4v) is 3.02. The van der Waals surface area contributed by atoms with Crippen molar-refractivity contribution in [3.8, 4) is 0 Å². The molecule has 0 saturated carbocycles. The van der Waals surface area contributed by atoms with Gasteiger partial charge in [-0.2, -0.15) is 0 Å². The van der Waals surface area contributed by atoms with E-state index >= 15 is 0 Å². The van der Waals surface area contributed by atoms with Crippen molar-refractivity contribution in [2.75, 3.05) is 0 Å². The fraction of sp³-hybridized carbons (Fsp3) is 0.286. The van der Waals surface area contributed by atoms with Crippen LogP contribution in [0.2, 0.25) is 0 Å². The van der Waals surface area contributed by atoms with Gasteiger partial charge in [0.2, 0.25) is 0 Å². The zero-order chi connectivity index (χ0) is 12.1. The predicted octanol–water partition coefficient (Wildman–Crippen LogP) is 4.01. The van der Waals surface area contributed by atoms with Crippen LogP contribution in [0.4, 0.5) is 0 Å². The first-order valence-corrected chi connectivity index (χ1v) is 7.44. The van der Waals surface area contributed by atoms with Crippen LogP contribution in [-0.4, -0.2) is 6.04 Å². The van der Waals surface area contributed by atoms with Gasteiger partial charge in [0, 0.05) is 15.4 Å². The van der Waals surface area contributed by atoms with E-state index in [0.717, 1.165) is 23.7 Å². The first kappa shape index (κ1) is 12.8. The minimum Gasteiger partial charge on any atom is -0.327 e. The summed E-state index contributed by atoms with van der Waals surface area (Å²) in [6.07, 6.45) is 3.09. The van der Waals surface area contributed by atoms with Gasteiger partial charge in [0.15, 0.2) is 0 Å². The maximum atomic E-state index is 6.16. The molecule has 1 atom stereocenters. The molecule has 3 heteroatoms. The molecule has 2 rings (SSSR count). The van der Waals surface area contributed by atoms with E-state index in [0.29, 0.717) is 0 Å². The molecule has 0 amide bonds. The Bertz CT molecular complexity index is 453. The molecule has 1 unspecified atom stereocenters. The molecule has 0 aliphatic rings. The second kappa shape index (κ2) is 6.34. The Kier molecular flexibility index (Phi) is 4.77. The van der Waals surface area contributed by atoms with Crippen molar-refractivity contribution in [3.05, 3.63) is 56.7 Å². The third kappa shape index (κ3) is 4.26. The molecule has 0 fully saturated rings. The Balaban J connectivity index is 1.83. The standard InChI is InChI=1S/C14H16BrNS/c15-12-4-1-3-11(9-12)10-13(16)6-7-14-5-2-8-17-14/h1-5,8-9,13H,6-7,10,16H2. The van der Waals surface area contributed by atoms with Gasteiger partial charge in [0.25, 0.3) is 0 Å². The van der Waals surface area contributed by atoms with E-state index in [9.17, 15) is 0 Å². The van der Waals surface area contributed by atoms with Crippen LogP contribution < -0.4 is 5.73 Å². The lowest BCUT2D eigenvalue weighted by molar-refractivity contribution is 0.613. The lowest BCUT2D eigenvalue weighted by Gasteiger charge is -2.11. The number of halogens is 1. The van der Waals surface area contributed by atoms with E-state index in [2.05, 4.69) is 51.6 Å². The van der Waals surface area contributed by atoms with Crippen molar-refractivity contribution >= 4 is 27.3 Å². The molecule has 0 aliphatic heterocycles. The largest absolute Gasteiger partial charge is 0.327 e. The van der Waals surface area contributed by atoms with E-state index in [4.69, 9.17) is 5.73 Å². The van der Waals surface area contributed by atoms with Gasteiger partial charge in [0.1, 0.15) is 0 Å². The lowest BCUT2D eigenvalue weighted by atomic mass is 10.0.